The second-order valence-corrected chi connectivity index (χ2v) is 6.28. The van der Waals surface area contributed by atoms with Crippen LogP contribution in [-0.2, 0) is 0 Å². The van der Waals surface area contributed by atoms with Gasteiger partial charge in [-0.1, -0.05) is 13.8 Å². The van der Waals surface area contributed by atoms with Crippen molar-refractivity contribution >= 4 is 5.82 Å². The summed E-state index contributed by atoms with van der Waals surface area (Å²) >= 11 is 0. The SMILES string of the molecule is CC(C)c1ccc(C#N)c(NCCCN2CCC[C@@H](O)C2)n1. The molecule has 1 aromatic heterocycles. The van der Waals surface area contributed by atoms with Crippen molar-refractivity contribution in [3.8, 4) is 6.07 Å². The van der Waals surface area contributed by atoms with Crippen molar-refractivity contribution in [3.05, 3.63) is 23.4 Å². The van der Waals surface area contributed by atoms with Gasteiger partial charge < -0.3 is 15.3 Å². The van der Waals surface area contributed by atoms with E-state index in [2.05, 4.69) is 35.1 Å². The lowest BCUT2D eigenvalue weighted by atomic mass is 10.1. The third kappa shape index (κ3) is 4.69. The zero-order valence-corrected chi connectivity index (χ0v) is 13.5. The molecule has 5 nitrogen and oxygen atoms in total. The first-order chi connectivity index (χ1) is 10.6. The molecule has 0 amide bonds. The fourth-order valence-corrected chi connectivity index (χ4v) is 2.76. The molecule has 2 N–H and O–H groups in total. The summed E-state index contributed by atoms with van der Waals surface area (Å²) in [5, 5.41) is 22.1. The third-order valence-electron chi connectivity index (χ3n) is 4.05. The van der Waals surface area contributed by atoms with Crippen molar-refractivity contribution in [1.82, 2.24) is 9.88 Å². The Hall–Kier alpha value is -1.64. The zero-order valence-electron chi connectivity index (χ0n) is 13.5. The Morgan fingerprint density at radius 3 is 3.00 bits per heavy atom. The molecule has 1 aromatic rings. The van der Waals surface area contributed by atoms with Crippen molar-refractivity contribution in [2.75, 3.05) is 31.5 Å². The molecule has 22 heavy (non-hydrogen) atoms. The van der Waals surface area contributed by atoms with E-state index in [1.165, 1.54) is 0 Å². The maximum absolute atomic E-state index is 9.66. The van der Waals surface area contributed by atoms with Crippen LogP contribution in [0.25, 0.3) is 0 Å². The number of pyridine rings is 1. The average Bonchev–Trinajstić information content (AvgIpc) is 2.51. The van der Waals surface area contributed by atoms with Gasteiger partial charge in [0.25, 0.3) is 0 Å². The molecule has 1 aliphatic heterocycles. The van der Waals surface area contributed by atoms with Gasteiger partial charge in [-0.25, -0.2) is 4.98 Å². The Morgan fingerprint density at radius 2 is 2.32 bits per heavy atom. The molecule has 0 aliphatic carbocycles. The summed E-state index contributed by atoms with van der Waals surface area (Å²) in [7, 11) is 0. The largest absolute Gasteiger partial charge is 0.392 e. The van der Waals surface area contributed by atoms with Gasteiger partial charge >= 0.3 is 0 Å². The van der Waals surface area contributed by atoms with Crippen LogP contribution in [0.5, 0.6) is 0 Å². The number of hydrogen-bond acceptors (Lipinski definition) is 5. The summed E-state index contributed by atoms with van der Waals surface area (Å²) in [5.74, 6) is 1.04. The molecule has 5 heteroatoms. The molecule has 0 unspecified atom stereocenters. The second kappa shape index (κ2) is 8.11. The number of nitrogens with one attached hydrogen (secondary N) is 1. The van der Waals surface area contributed by atoms with E-state index in [9.17, 15) is 10.4 Å². The number of likely N-dealkylation sites (tertiary alicyclic amines) is 1. The number of β-amino-alcohol motifs (C(OH)–C–C–N with tert-alkyl or cyclic N) is 1. The molecule has 1 atom stereocenters. The second-order valence-electron chi connectivity index (χ2n) is 6.28. The van der Waals surface area contributed by atoms with Crippen LogP contribution in [0.2, 0.25) is 0 Å². The number of nitriles is 1. The van der Waals surface area contributed by atoms with E-state index >= 15 is 0 Å². The van der Waals surface area contributed by atoms with Crippen LogP contribution in [0.4, 0.5) is 5.82 Å². The monoisotopic (exact) mass is 302 g/mol. The topological polar surface area (TPSA) is 72.2 Å². The van der Waals surface area contributed by atoms with Gasteiger partial charge in [0.2, 0.25) is 0 Å². The predicted molar refractivity (Wildman–Crippen MR) is 87.8 cm³/mol. The van der Waals surface area contributed by atoms with Gasteiger partial charge in [0.1, 0.15) is 11.9 Å². The summed E-state index contributed by atoms with van der Waals surface area (Å²) < 4.78 is 0. The van der Waals surface area contributed by atoms with E-state index in [1.807, 2.05) is 12.1 Å². The molecule has 1 saturated heterocycles. The number of aromatic nitrogens is 1. The fraction of sp³-hybridized carbons (Fsp3) is 0.647. The number of hydrogen-bond donors (Lipinski definition) is 2. The van der Waals surface area contributed by atoms with Crippen LogP contribution >= 0.6 is 0 Å². The minimum absolute atomic E-state index is 0.170. The summed E-state index contributed by atoms with van der Waals surface area (Å²) in [5.41, 5.74) is 1.60. The summed E-state index contributed by atoms with van der Waals surface area (Å²) in [4.78, 5) is 6.86. The highest BCUT2D eigenvalue weighted by molar-refractivity contribution is 5.52. The summed E-state index contributed by atoms with van der Waals surface area (Å²) in [6.45, 7) is 7.80. The highest BCUT2D eigenvalue weighted by Gasteiger charge is 2.16. The maximum Gasteiger partial charge on any atom is 0.144 e. The Bertz CT molecular complexity index is 524. The summed E-state index contributed by atoms with van der Waals surface area (Å²) in [6, 6.07) is 5.95. The molecule has 0 aromatic carbocycles. The van der Waals surface area contributed by atoms with Crippen LogP contribution in [0.1, 0.15) is 50.3 Å². The number of rotatable bonds is 6. The van der Waals surface area contributed by atoms with Crippen molar-refractivity contribution in [1.29, 1.82) is 5.26 Å². The fourth-order valence-electron chi connectivity index (χ4n) is 2.76. The molecule has 2 rings (SSSR count). The van der Waals surface area contributed by atoms with Crippen LogP contribution < -0.4 is 5.32 Å². The van der Waals surface area contributed by atoms with E-state index in [0.29, 0.717) is 17.3 Å². The minimum atomic E-state index is -0.170. The first kappa shape index (κ1) is 16.7. The number of aliphatic hydroxyl groups is 1. The first-order valence-corrected chi connectivity index (χ1v) is 8.15. The van der Waals surface area contributed by atoms with Crippen LogP contribution in [0.15, 0.2) is 12.1 Å². The van der Waals surface area contributed by atoms with E-state index in [1.54, 1.807) is 0 Å². The molecule has 0 saturated carbocycles. The Labute approximate surface area is 133 Å². The number of piperidine rings is 1. The van der Waals surface area contributed by atoms with Gasteiger partial charge in [0.15, 0.2) is 0 Å². The van der Waals surface area contributed by atoms with Gasteiger partial charge in [-0.15, -0.1) is 0 Å². The van der Waals surface area contributed by atoms with Crippen molar-refractivity contribution in [2.45, 2.75) is 45.1 Å². The zero-order chi connectivity index (χ0) is 15.9. The molecule has 0 radical (unpaired) electrons. The van der Waals surface area contributed by atoms with Crippen molar-refractivity contribution in [3.63, 3.8) is 0 Å². The van der Waals surface area contributed by atoms with Gasteiger partial charge in [-0.2, -0.15) is 5.26 Å². The van der Waals surface area contributed by atoms with Crippen molar-refractivity contribution in [2.24, 2.45) is 0 Å². The number of nitrogens with zero attached hydrogens (tertiary/aromatic N) is 3. The number of aliphatic hydroxyl groups excluding tert-OH is 1. The van der Waals surface area contributed by atoms with Crippen molar-refractivity contribution < 1.29 is 5.11 Å². The minimum Gasteiger partial charge on any atom is -0.392 e. The maximum atomic E-state index is 9.66. The quantitative estimate of drug-likeness (QED) is 0.789. The lowest BCUT2D eigenvalue weighted by molar-refractivity contribution is 0.0706. The highest BCUT2D eigenvalue weighted by atomic mass is 16.3. The Balaban J connectivity index is 1.83. The average molecular weight is 302 g/mol. The predicted octanol–water partition coefficient (Wildman–Crippen LogP) is 2.34. The van der Waals surface area contributed by atoms with E-state index in [4.69, 9.17) is 0 Å². The lowest BCUT2D eigenvalue weighted by Gasteiger charge is -2.29. The van der Waals surface area contributed by atoms with Crippen LogP contribution in [0.3, 0.4) is 0 Å². The van der Waals surface area contributed by atoms with E-state index in [-0.39, 0.29) is 6.10 Å². The molecule has 1 fully saturated rings. The molecule has 120 valence electrons. The first-order valence-electron chi connectivity index (χ1n) is 8.15. The standard InChI is InChI=1S/C17H26N4O/c1-13(2)16-7-6-14(11-18)17(20-16)19-8-4-10-21-9-3-5-15(22)12-21/h6-7,13,15,22H,3-5,8-10,12H2,1-2H3,(H,19,20)/t15-/m1/s1. The highest BCUT2D eigenvalue weighted by Crippen LogP contribution is 2.18. The summed E-state index contributed by atoms with van der Waals surface area (Å²) in [6.07, 6.45) is 2.80. The van der Waals surface area contributed by atoms with Gasteiger partial charge in [0.05, 0.1) is 11.7 Å². The normalized spacial score (nSPS) is 19.1. The lowest BCUT2D eigenvalue weighted by Crippen LogP contribution is -2.39. The molecule has 2 heterocycles. The molecule has 0 bridgehead atoms. The van der Waals surface area contributed by atoms with Gasteiger partial charge in [0, 0.05) is 18.8 Å². The van der Waals surface area contributed by atoms with Crippen LogP contribution in [0, 0.1) is 11.3 Å². The van der Waals surface area contributed by atoms with Crippen LogP contribution in [-0.4, -0.2) is 47.3 Å². The van der Waals surface area contributed by atoms with Gasteiger partial charge in [-0.05, 0) is 50.4 Å². The Kier molecular flexibility index (Phi) is 6.17. The molecule has 0 spiro atoms. The van der Waals surface area contributed by atoms with E-state index in [0.717, 1.165) is 51.1 Å². The number of anilines is 1. The van der Waals surface area contributed by atoms with Gasteiger partial charge in [-0.3, -0.25) is 0 Å². The molecular weight excluding hydrogens is 276 g/mol. The van der Waals surface area contributed by atoms with E-state index < -0.39 is 0 Å². The molecule has 1 aliphatic rings. The Morgan fingerprint density at radius 1 is 1.50 bits per heavy atom. The smallest absolute Gasteiger partial charge is 0.144 e. The third-order valence-corrected chi connectivity index (χ3v) is 4.05. The molecular formula is C17H26N4O.